The van der Waals surface area contributed by atoms with Crippen LogP contribution in [0.2, 0.25) is 0 Å². The van der Waals surface area contributed by atoms with Crippen molar-refractivity contribution in [2.24, 2.45) is 5.92 Å². The Hall–Kier alpha value is -2.90. The molecule has 33 heavy (non-hydrogen) atoms. The predicted molar refractivity (Wildman–Crippen MR) is 120 cm³/mol. The number of fused-ring (bicyclic) bond motifs is 3. The molecule has 0 amide bonds. The summed E-state index contributed by atoms with van der Waals surface area (Å²) in [7, 11) is 0. The zero-order valence-corrected chi connectivity index (χ0v) is 18.6. The molecule has 3 N–H and O–H groups in total. The Morgan fingerprint density at radius 3 is 2.67 bits per heavy atom. The molecule has 1 saturated carbocycles. The maximum atomic E-state index is 15.3. The molecule has 6 nitrogen and oxygen atoms in total. The number of ether oxygens (including phenoxy) is 2. The van der Waals surface area contributed by atoms with Gasteiger partial charge >= 0.3 is 5.97 Å². The molecule has 1 fully saturated rings. The second-order valence-electron chi connectivity index (χ2n) is 9.26. The molecule has 0 radical (unpaired) electrons. The number of aliphatic hydroxyl groups is 2. The molecule has 0 unspecified atom stereocenters. The van der Waals surface area contributed by atoms with Crippen LogP contribution in [0, 0.1) is 5.92 Å². The minimum atomic E-state index is -1.53. The molecule has 2 aliphatic rings. The smallest absolute Gasteiger partial charge is 0.303 e. The topological polar surface area (TPSA) is 96.2 Å². The largest absolute Gasteiger partial charge is 0.489 e. The third kappa shape index (κ3) is 4.75. The van der Waals surface area contributed by atoms with Gasteiger partial charge < -0.3 is 24.8 Å². The van der Waals surface area contributed by atoms with Crippen LogP contribution < -0.4 is 9.47 Å². The van der Waals surface area contributed by atoms with E-state index in [1.54, 1.807) is 38.1 Å². The molecule has 1 heterocycles. The highest BCUT2D eigenvalue weighted by Crippen LogP contribution is 2.52. The molecular weight excluding hydrogens is 427 g/mol. The van der Waals surface area contributed by atoms with Crippen molar-refractivity contribution in [2.45, 2.75) is 62.9 Å². The van der Waals surface area contributed by atoms with Gasteiger partial charge in [0.25, 0.3) is 0 Å². The number of rotatable bonds is 8. The van der Waals surface area contributed by atoms with Crippen LogP contribution in [0.4, 0.5) is 4.39 Å². The zero-order chi connectivity index (χ0) is 23.8. The Morgan fingerprint density at radius 1 is 1.24 bits per heavy atom. The molecule has 176 valence electrons. The first-order valence-electron chi connectivity index (χ1n) is 11.1. The van der Waals surface area contributed by atoms with Gasteiger partial charge in [0.1, 0.15) is 35.1 Å². The molecule has 0 aromatic heterocycles. The van der Waals surface area contributed by atoms with E-state index in [-0.39, 0.29) is 18.4 Å². The Bertz CT molecular complexity index is 1030. The van der Waals surface area contributed by atoms with Crippen LogP contribution >= 0.6 is 0 Å². The number of carboxylic acid groups (broad SMARTS) is 1. The number of aryl methyl sites for hydroxylation is 1. The van der Waals surface area contributed by atoms with Gasteiger partial charge in [-0.1, -0.05) is 36.4 Å². The molecule has 2 aromatic carbocycles. The van der Waals surface area contributed by atoms with Gasteiger partial charge in [-0.25, -0.2) is 4.39 Å². The standard InChI is InChI=1S/C26H29FO6/c1-26(2,33-16-8-4-3-5-9-16)25(31)19(27)13-18-20(28)14-21-23(18)17-10-6-7-15(24(17)32-21)11-12-22(29)30/h3-10,13,18,20-21,23,25,28,31H,11-12,14H2,1-2H3,(H,29,30)/t18-,20+,21-,23+,25-/m0/s1. The summed E-state index contributed by atoms with van der Waals surface area (Å²) in [5, 5.41) is 30.4. The molecule has 1 aliphatic heterocycles. The molecule has 5 atom stereocenters. The highest BCUT2D eigenvalue weighted by Gasteiger charge is 2.50. The van der Waals surface area contributed by atoms with Crippen molar-refractivity contribution >= 4 is 5.97 Å². The molecule has 0 spiro atoms. The minimum absolute atomic E-state index is 0.0155. The number of carbonyl (C=O) groups is 1. The molecule has 7 heteroatoms. The van der Waals surface area contributed by atoms with Crippen molar-refractivity contribution in [1.82, 2.24) is 0 Å². The summed E-state index contributed by atoms with van der Waals surface area (Å²) in [6.07, 6.45) is -0.761. The van der Waals surface area contributed by atoms with Gasteiger partial charge in [-0.2, -0.15) is 0 Å². The van der Waals surface area contributed by atoms with E-state index in [1.807, 2.05) is 24.3 Å². The van der Waals surface area contributed by atoms with Crippen molar-refractivity contribution in [3.05, 3.63) is 71.6 Å². The predicted octanol–water partition coefficient (Wildman–Crippen LogP) is 4.00. The maximum absolute atomic E-state index is 15.3. The van der Waals surface area contributed by atoms with Crippen molar-refractivity contribution < 1.29 is 34.0 Å². The summed E-state index contributed by atoms with van der Waals surface area (Å²) in [4.78, 5) is 11.0. The first-order chi connectivity index (χ1) is 15.7. The molecular formula is C26H29FO6. The zero-order valence-electron chi connectivity index (χ0n) is 18.6. The first-order valence-corrected chi connectivity index (χ1v) is 11.1. The van der Waals surface area contributed by atoms with Crippen molar-refractivity contribution in [1.29, 1.82) is 0 Å². The fourth-order valence-electron chi connectivity index (χ4n) is 4.83. The van der Waals surface area contributed by atoms with Crippen LogP contribution in [-0.2, 0) is 11.2 Å². The van der Waals surface area contributed by atoms with Crippen molar-refractivity contribution in [3.8, 4) is 11.5 Å². The van der Waals surface area contributed by atoms with Gasteiger partial charge in [-0.15, -0.1) is 0 Å². The van der Waals surface area contributed by atoms with E-state index in [9.17, 15) is 15.0 Å². The lowest BCUT2D eigenvalue weighted by Crippen LogP contribution is -2.42. The Labute approximate surface area is 192 Å². The van der Waals surface area contributed by atoms with Crippen LogP contribution in [0.5, 0.6) is 11.5 Å². The third-order valence-corrected chi connectivity index (χ3v) is 6.49. The van der Waals surface area contributed by atoms with Gasteiger partial charge in [0.05, 0.1) is 6.10 Å². The molecule has 4 rings (SSSR count). The highest BCUT2D eigenvalue weighted by atomic mass is 19.1. The number of aliphatic carboxylic acids is 1. The van der Waals surface area contributed by atoms with E-state index >= 15 is 4.39 Å². The maximum Gasteiger partial charge on any atom is 0.303 e. The van der Waals surface area contributed by atoms with Crippen LogP contribution in [0.15, 0.2) is 60.4 Å². The van der Waals surface area contributed by atoms with Crippen LogP contribution in [-0.4, -0.2) is 45.2 Å². The number of para-hydroxylation sites is 2. The molecule has 0 saturated heterocycles. The van der Waals surface area contributed by atoms with Gasteiger partial charge in [-0.05, 0) is 44.0 Å². The number of hydrogen-bond donors (Lipinski definition) is 3. The SMILES string of the molecule is CC(C)(Oc1ccccc1)[C@@H](O)C(F)=C[C@@H]1[C@H]2c3cccc(CCC(=O)O)c3O[C@H]2C[C@H]1O. The summed E-state index contributed by atoms with van der Waals surface area (Å²) in [6, 6.07) is 14.4. The summed E-state index contributed by atoms with van der Waals surface area (Å²) >= 11 is 0. The van der Waals surface area contributed by atoms with E-state index in [0.29, 0.717) is 24.3 Å². The second-order valence-corrected chi connectivity index (χ2v) is 9.26. The number of aliphatic hydroxyl groups excluding tert-OH is 2. The van der Waals surface area contributed by atoms with Gasteiger partial charge in [-0.3, -0.25) is 4.79 Å². The van der Waals surface area contributed by atoms with Crippen LogP contribution in [0.3, 0.4) is 0 Å². The molecule has 0 bridgehead atoms. The summed E-state index contributed by atoms with van der Waals surface area (Å²) < 4.78 is 27.2. The van der Waals surface area contributed by atoms with E-state index in [2.05, 4.69) is 0 Å². The average Bonchev–Trinajstić information content (AvgIpc) is 3.27. The average molecular weight is 457 g/mol. The summed E-state index contributed by atoms with van der Waals surface area (Å²) in [5.41, 5.74) is 0.390. The second kappa shape index (κ2) is 9.15. The summed E-state index contributed by atoms with van der Waals surface area (Å²) in [6.45, 7) is 3.21. The fraction of sp³-hybridized carbons (Fsp3) is 0.423. The lowest BCUT2D eigenvalue weighted by atomic mass is 9.85. The molecule has 1 aliphatic carbocycles. The van der Waals surface area contributed by atoms with Crippen LogP contribution in [0.1, 0.15) is 43.7 Å². The number of carboxylic acids is 1. The lowest BCUT2D eigenvalue weighted by Gasteiger charge is -2.31. The monoisotopic (exact) mass is 456 g/mol. The Morgan fingerprint density at radius 2 is 1.97 bits per heavy atom. The molecule has 2 aromatic rings. The van der Waals surface area contributed by atoms with E-state index < -0.39 is 35.5 Å². The quantitative estimate of drug-likeness (QED) is 0.556. The third-order valence-electron chi connectivity index (χ3n) is 6.49. The van der Waals surface area contributed by atoms with Crippen LogP contribution in [0.25, 0.3) is 0 Å². The van der Waals surface area contributed by atoms with E-state index in [0.717, 1.165) is 11.1 Å². The normalized spacial score (nSPS) is 25.2. The number of halogens is 1. The Kier molecular flexibility index (Phi) is 6.45. The lowest BCUT2D eigenvalue weighted by molar-refractivity contribution is -0.136. The van der Waals surface area contributed by atoms with E-state index in [1.165, 1.54) is 6.08 Å². The van der Waals surface area contributed by atoms with Crippen molar-refractivity contribution in [3.63, 3.8) is 0 Å². The Balaban J connectivity index is 1.56. The van der Waals surface area contributed by atoms with E-state index in [4.69, 9.17) is 14.6 Å². The van der Waals surface area contributed by atoms with Gasteiger partial charge in [0, 0.05) is 30.2 Å². The number of hydrogen-bond acceptors (Lipinski definition) is 5. The highest BCUT2D eigenvalue weighted by molar-refractivity contribution is 5.67. The minimum Gasteiger partial charge on any atom is -0.489 e. The first kappa shape index (κ1) is 23.3. The van der Waals surface area contributed by atoms with Gasteiger partial charge in [0.2, 0.25) is 0 Å². The fourth-order valence-corrected chi connectivity index (χ4v) is 4.83. The van der Waals surface area contributed by atoms with Crippen molar-refractivity contribution in [2.75, 3.05) is 0 Å². The van der Waals surface area contributed by atoms with Gasteiger partial charge in [0.15, 0.2) is 0 Å². The number of benzene rings is 2. The summed E-state index contributed by atoms with van der Waals surface area (Å²) in [5.74, 6) is -1.38.